The number of aryl methyl sites for hydroxylation is 4. The molecule has 0 bridgehead atoms. The number of hydrogen-bond donors (Lipinski definition) is 0. The molecule has 0 saturated carbocycles. The van der Waals surface area contributed by atoms with Crippen molar-refractivity contribution >= 4 is 40.5 Å². The maximum atomic E-state index is 2.99. The first-order valence-electron chi connectivity index (χ1n) is 13.3. The van der Waals surface area contributed by atoms with Gasteiger partial charge in [0.1, 0.15) is 0 Å². The molecule has 0 aliphatic heterocycles. The van der Waals surface area contributed by atoms with Crippen LogP contribution in [0.1, 0.15) is 88.5 Å². The van der Waals surface area contributed by atoms with E-state index in [0.29, 0.717) is 0 Å². The molecule has 0 saturated heterocycles. The molecule has 2 aromatic carbocycles. The quantitative estimate of drug-likeness (QED) is 0.182. The summed E-state index contributed by atoms with van der Waals surface area (Å²) in [6.45, 7) is 8.58. The SMILES string of the molecule is Br.Br.C[C](C)=[Hf+2].C[C](C)=[Hf+2].[C-]1=CC=CC1.[C-]1=CC=CC1.c1cc2c([cH-]1)CCCC2.c1cc2c([cH-]1)CCCC2. The van der Waals surface area contributed by atoms with Crippen LogP contribution in [-0.4, -0.2) is 6.51 Å². The Morgan fingerprint density at radius 2 is 0.974 bits per heavy atom. The van der Waals surface area contributed by atoms with Crippen molar-refractivity contribution in [1.82, 2.24) is 0 Å². The van der Waals surface area contributed by atoms with E-state index in [1.807, 2.05) is 24.3 Å². The van der Waals surface area contributed by atoms with Gasteiger partial charge in [0.15, 0.2) is 0 Å². The molecule has 0 nitrogen and oxygen atoms in total. The van der Waals surface area contributed by atoms with Crippen molar-refractivity contribution in [3.63, 3.8) is 0 Å². The van der Waals surface area contributed by atoms with E-state index in [9.17, 15) is 0 Å². The number of halogens is 2. The average Bonchev–Trinajstić information content (AvgIpc) is 3.68. The third kappa shape index (κ3) is 22.9. The van der Waals surface area contributed by atoms with Crippen LogP contribution in [-0.2, 0) is 73.5 Å². The van der Waals surface area contributed by atoms with Crippen molar-refractivity contribution in [2.24, 2.45) is 0 Å². The monoisotopic (exact) mass is 972 g/mol. The van der Waals surface area contributed by atoms with E-state index in [1.54, 1.807) is 28.8 Å². The average molecular weight is 972 g/mol. The summed E-state index contributed by atoms with van der Waals surface area (Å²) in [5.41, 5.74) is 6.39. The normalized spacial score (nSPS) is 14.3. The fraction of sp³-hybridized carbons (Fsp3) is 0.412. The van der Waals surface area contributed by atoms with Gasteiger partial charge in [-0.05, 0) is 0 Å². The number of rotatable bonds is 0. The largest absolute Gasteiger partial charge is 0.273 e. The first kappa shape index (κ1) is 40.2. The van der Waals surface area contributed by atoms with E-state index in [0.717, 1.165) is 12.8 Å². The van der Waals surface area contributed by atoms with Crippen molar-refractivity contribution in [2.45, 2.75) is 91.9 Å². The molecule has 204 valence electrons. The van der Waals surface area contributed by atoms with Crippen LogP contribution >= 0.6 is 34.0 Å². The molecule has 4 heteroatoms. The van der Waals surface area contributed by atoms with Gasteiger partial charge in [0.2, 0.25) is 0 Å². The minimum absolute atomic E-state index is 0. The van der Waals surface area contributed by atoms with E-state index in [-0.39, 0.29) is 34.0 Å². The summed E-state index contributed by atoms with van der Waals surface area (Å²) in [6.07, 6.45) is 30.9. The zero-order valence-electron chi connectivity index (χ0n) is 23.8. The Labute approximate surface area is 284 Å². The smallest absolute Gasteiger partial charge is 0.0512 e. The Balaban J connectivity index is 0. The maximum absolute atomic E-state index is 2.99. The molecule has 0 heterocycles. The van der Waals surface area contributed by atoms with Gasteiger partial charge in [-0.3, -0.25) is 12.2 Å². The zero-order chi connectivity index (χ0) is 26.4. The Morgan fingerprint density at radius 1 is 0.632 bits per heavy atom. The van der Waals surface area contributed by atoms with Crippen LogP contribution in [0.15, 0.2) is 72.9 Å². The summed E-state index contributed by atoms with van der Waals surface area (Å²) in [7, 11) is 0. The summed E-state index contributed by atoms with van der Waals surface area (Å²) in [5, 5.41) is 0. The van der Waals surface area contributed by atoms with Crippen molar-refractivity contribution in [1.29, 1.82) is 0 Å². The Morgan fingerprint density at radius 3 is 1.21 bits per heavy atom. The van der Waals surface area contributed by atoms with Crippen LogP contribution in [0.5, 0.6) is 0 Å². The molecule has 0 unspecified atom stereocenters. The number of fused-ring (bicyclic) bond motifs is 2. The van der Waals surface area contributed by atoms with Gasteiger partial charge in [-0.1, -0.05) is 51.4 Å². The standard InChI is InChI=1S/2C9H11.2C5H5.2C3H6.2BrH.2Hf/c2*1-2-5-9-7-3-6-8(9)4-1;2*1-2-4-5-3-1;2*1-3-2;;;;/h2*3,6-7H,1-2,4-5H2;2*1-3H,4H2;2*1-2H3;2*1H;;/q4*-1;;;;;2*+2. The molecule has 4 aliphatic rings. The molecule has 6 rings (SSSR count). The molecule has 0 amide bonds. The van der Waals surface area contributed by atoms with Crippen LogP contribution in [0.4, 0.5) is 0 Å². The van der Waals surface area contributed by atoms with Crippen molar-refractivity contribution < 1.29 is 47.8 Å². The van der Waals surface area contributed by atoms with Gasteiger partial charge in [-0.15, -0.1) is 46.8 Å². The van der Waals surface area contributed by atoms with Gasteiger partial charge in [0.25, 0.3) is 0 Å². The van der Waals surface area contributed by atoms with Crippen molar-refractivity contribution in [2.75, 3.05) is 0 Å². The predicted molar refractivity (Wildman–Crippen MR) is 174 cm³/mol. The predicted octanol–water partition coefficient (Wildman–Crippen LogP) is 9.83. The van der Waals surface area contributed by atoms with Gasteiger partial charge in [0.05, 0.1) is 0 Å². The van der Waals surface area contributed by atoms with Gasteiger partial charge in [0, 0.05) is 0 Å². The zero-order valence-corrected chi connectivity index (χ0v) is 34.4. The second kappa shape index (κ2) is 27.3. The minimum Gasteiger partial charge on any atom is -0.273 e. The molecule has 4 aliphatic carbocycles. The van der Waals surface area contributed by atoms with E-state index >= 15 is 0 Å². The van der Waals surface area contributed by atoms with E-state index < -0.39 is 0 Å². The molecule has 0 N–H and O–H groups in total. The van der Waals surface area contributed by atoms with E-state index in [1.165, 1.54) is 99.2 Å². The van der Waals surface area contributed by atoms with Crippen LogP contribution in [0.25, 0.3) is 0 Å². The second-order valence-electron chi connectivity index (χ2n) is 9.57. The minimum atomic E-state index is 0. The molecular weight excluding hydrogens is 925 g/mol. The third-order valence-electron chi connectivity index (χ3n) is 5.47. The first-order chi connectivity index (χ1) is 17.4. The van der Waals surface area contributed by atoms with E-state index in [2.05, 4.69) is 88.4 Å². The van der Waals surface area contributed by atoms with Crippen LogP contribution in [0.2, 0.25) is 0 Å². The fourth-order valence-corrected chi connectivity index (χ4v) is 3.91. The van der Waals surface area contributed by atoms with Crippen molar-refractivity contribution in [3.05, 3.63) is 107 Å². The van der Waals surface area contributed by atoms with Gasteiger partial charge >= 0.3 is 82.0 Å². The number of allylic oxidation sites excluding steroid dienone is 8. The molecule has 2 aromatic rings. The fourth-order valence-electron chi connectivity index (χ4n) is 3.91. The maximum Gasteiger partial charge on any atom is -0.0512 e. The van der Waals surface area contributed by atoms with Crippen LogP contribution < -0.4 is 0 Å². The molecule has 0 spiro atoms. The summed E-state index contributed by atoms with van der Waals surface area (Å²) < 4.78 is 3.11. The van der Waals surface area contributed by atoms with Crippen molar-refractivity contribution in [3.8, 4) is 0 Å². The molecule has 38 heavy (non-hydrogen) atoms. The second-order valence-corrected chi connectivity index (χ2v) is 16.8. The summed E-state index contributed by atoms with van der Waals surface area (Å²) in [5.74, 6) is 0. The van der Waals surface area contributed by atoms with Gasteiger partial charge in [-0.25, -0.2) is 36.4 Å². The Hall–Kier alpha value is 0.100. The Bertz CT molecular complexity index is 837. The van der Waals surface area contributed by atoms with Crippen LogP contribution in [0, 0.1) is 12.2 Å². The molecule has 0 aromatic heterocycles. The molecule has 0 radical (unpaired) electrons. The molecular formula is C34H46Br2Hf2. The van der Waals surface area contributed by atoms with Gasteiger partial charge in [-0.2, -0.15) is 58.7 Å². The van der Waals surface area contributed by atoms with Crippen LogP contribution in [0.3, 0.4) is 0 Å². The third-order valence-corrected chi connectivity index (χ3v) is 5.47. The van der Waals surface area contributed by atoms with E-state index in [4.69, 9.17) is 0 Å². The molecule has 0 atom stereocenters. The number of hydrogen-bond acceptors (Lipinski definition) is 0. The van der Waals surface area contributed by atoms with Gasteiger partial charge < -0.3 is 0 Å². The first-order valence-corrected chi connectivity index (χ1v) is 16.9. The summed E-state index contributed by atoms with van der Waals surface area (Å²) in [4.78, 5) is 0. The molecule has 0 fully saturated rings. The summed E-state index contributed by atoms with van der Waals surface area (Å²) >= 11 is 2.53. The Kier molecular flexibility index (Phi) is 28.9. The summed E-state index contributed by atoms with van der Waals surface area (Å²) in [6, 6.07) is 13.4. The topological polar surface area (TPSA) is 0 Å².